The Labute approximate surface area is 228 Å². The molecule has 4 aromatic rings. The number of nitrogens with one attached hydrogen (secondary N) is 2. The van der Waals surface area contributed by atoms with Crippen molar-refractivity contribution in [3.63, 3.8) is 0 Å². The second kappa shape index (κ2) is 11.3. The van der Waals surface area contributed by atoms with E-state index in [0.717, 1.165) is 5.39 Å². The fraction of sp³-hybridized carbons (Fsp3) is 0.214. The van der Waals surface area contributed by atoms with Gasteiger partial charge in [-0.1, -0.05) is 18.2 Å². The molecule has 3 aromatic carbocycles. The van der Waals surface area contributed by atoms with Gasteiger partial charge in [0.05, 0.1) is 22.6 Å². The van der Waals surface area contributed by atoms with Crippen LogP contribution in [-0.4, -0.2) is 49.7 Å². The molecular formula is C28H28N6O6. The number of carbonyl (C=O) groups is 3. The van der Waals surface area contributed by atoms with E-state index in [2.05, 4.69) is 15.7 Å². The number of nitro benzene ring substituents is 1. The maximum atomic E-state index is 13.1. The molecule has 1 aromatic heterocycles. The highest BCUT2D eigenvalue weighted by Crippen LogP contribution is 2.33. The standard InChI is InChI=1S/C28H28N6O6/c1-28(2,38)10-11-33-16-20-13-24(31-27(37)19-4-3-5-21(12-19)34(39)40)22(14-23(20)32-33)17-6-8-18(9-7-17)26(36)30-15-25(29)35/h3-9,12-14,16,38H,10-11,15H2,1-2H3,(H2,29,35)(H,30,36)(H,31,37). The minimum atomic E-state index is -0.869. The van der Waals surface area contributed by atoms with Crippen molar-refractivity contribution in [2.45, 2.75) is 32.4 Å². The van der Waals surface area contributed by atoms with Gasteiger partial charge in [0.25, 0.3) is 17.5 Å². The summed E-state index contributed by atoms with van der Waals surface area (Å²) < 4.78 is 1.71. The molecule has 0 atom stereocenters. The fourth-order valence-corrected chi connectivity index (χ4v) is 3.99. The monoisotopic (exact) mass is 544 g/mol. The summed E-state index contributed by atoms with van der Waals surface area (Å²) in [6.07, 6.45) is 2.28. The van der Waals surface area contributed by atoms with Crippen molar-refractivity contribution in [2.75, 3.05) is 11.9 Å². The molecule has 1 heterocycles. The molecule has 0 unspecified atom stereocenters. The number of amides is 3. The Balaban J connectivity index is 1.71. The van der Waals surface area contributed by atoms with Crippen LogP contribution in [0.25, 0.3) is 22.0 Å². The average Bonchev–Trinajstić information content (AvgIpc) is 3.31. The van der Waals surface area contributed by atoms with Crippen molar-refractivity contribution in [2.24, 2.45) is 5.73 Å². The summed E-state index contributed by atoms with van der Waals surface area (Å²) in [5, 5.41) is 31.9. The lowest BCUT2D eigenvalue weighted by Crippen LogP contribution is -2.33. The first-order valence-corrected chi connectivity index (χ1v) is 12.4. The second-order valence-electron chi connectivity index (χ2n) is 9.90. The van der Waals surface area contributed by atoms with Gasteiger partial charge in [-0.25, -0.2) is 0 Å². The highest BCUT2D eigenvalue weighted by Gasteiger charge is 2.18. The number of hydrogen-bond acceptors (Lipinski definition) is 7. The molecule has 0 fully saturated rings. The highest BCUT2D eigenvalue weighted by molar-refractivity contribution is 6.08. The summed E-state index contributed by atoms with van der Waals surface area (Å²) in [6, 6.07) is 15.5. The lowest BCUT2D eigenvalue weighted by molar-refractivity contribution is -0.384. The third-order valence-electron chi connectivity index (χ3n) is 6.09. The molecule has 0 radical (unpaired) electrons. The third kappa shape index (κ3) is 6.85. The largest absolute Gasteiger partial charge is 0.390 e. The lowest BCUT2D eigenvalue weighted by Gasteiger charge is -2.16. The van der Waals surface area contributed by atoms with E-state index in [1.165, 1.54) is 24.3 Å². The van der Waals surface area contributed by atoms with E-state index in [1.54, 1.807) is 61.1 Å². The molecule has 0 saturated carbocycles. The van der Waals surface area contributed by atoms with Gasteiger partial charge in [-0.2, -0.15) is 5.10 Å². The van der Waals surface area contributed by atoms with E-state index in [-0.39, 0.29) is 17.8 Å². The second-order valence-corrected chi connectivity index (χ2v) is 9.90. The third-order valence-corrected chi connectivity index (χ3v) is 6.09. The van der Waals surface area contributed by atoms with Crippen LogP contribution in [0.1, 0.15) is 41.0 Å². The van der Waals surface area contributed by atoms with Gasteiger partial charge in [-0.15, -0.1) is 0 Å². The highest BCUT2D eigenvalue weighted by atomic mass is 16.6. The summed E-state index contributed by atoms with van der Waals surface area (Å²) in [7, 11) is 0. The van der Waals surface area contributed by atoms with Gasteiger partial charge in [-0.05, 0) is 56.2 Å². The minimum Gasteiger partial charge on any atom is -0.390 e. The smallest absolute Gasteiger partial charge is 0.270 e. The number of nitrogens with zero attached hydrogens (tertiary/aromatic N) is 3. The molecule has 206 valence electrons. The topological polar surface area (TPSA) is 182 Å². The summed E-state index contributed by atoms with van der Waals surface area (Å²) >= 11 is 0. The van der Waals surface area contributed by atoms with Crippen LogP contribution >= 0.6 is 0 Å². The van der Waals surface area contributed by atoms with E-state index in [9.17, 15) is 29.6 Å². The van der Waals surface area contributed by atoms with Crippen molar-refractivity contribution in [1.82, 2.24) is 15.1 Å². The number of anilines is 1. The van der Waals surface area contributed by atoms with E-state index in [0.29, 0.717) is 40.9 Å². The van der Waals surface area contributed by atoms with E-state index < -0.39 is 28.2 Å². The Hall–Kier alpha value is -5.10. The summed E-state index contributed by atoms with van der Waals surface area (Å²) in [6.45, 7) is 3.61. The van der Waals surface area contributed by atoms with E-state index >= 15 is 0 Å². The van der Waals surface area contributed by atoms with E-state index in [1.807, 2.05) is 0 Å². The number of non-ortho nitro benzene ring substituents is 1. The maximum Gasteiger partial charge on any atom is 0.270 e. The van der Waals surface area contributed by atoms with Crippen molar-refractivity contribution in [3.05, 3.63) is 88.1 Å². The summed E-state index contributed by atoms with van der Waals surface area (Å²) in [4.78, 5) is 47.0. The van der Waals surface area contributed by atoms with Crippen molar-refractivity contribution >= 4 is 40.0 Å². The van der Waals surface area contributed by atoms with Gasteiger partial charge in [0.1, 0.15) is 0 Å². The number of aromatic nitrogens is 2. The molecule has 0 aliphatic heterocycles. The maximum absolute atomic E-state index is 13.1. The van der Waals surface area contributed by atoms with Gasteiger partial charge in [0, 0.05) is 52.6 Å². The molecule has 0 aliphatic carbocycles. The van der Waals surface area contributed by atoms with Crippen LogP contribution in [0.3, 0.4) is 0 Å². The first kappa shape index (κ1) is 27.9. The number of aliphatic hydroxyl groups is 1. The van der Waals surface area contributed by atoms with Crippen LogP contribution in [0.5, 0.6) is 0 Å². The van der Waals surface area contributed by atoms with Crippen LogP contribution in [0.4, 0.5) is 11.4 Å². The predicted octanol–water partition coefficient (Wildman–Crippen LogP) is 3.24. The molecule has 0 saturated heterocycles. The van der Waals surface area contributed by atoms with Crippen LogP contribution < -0.4 is 16.4 Å². The van der Waals surface area contributed by atoms with Gasteiger partial charge >= 0.3 is 0 Å². The predicted molar refractivity (Wildman–Crippen MR) is 149 cm³/mol. The van der Waals surface area contributed by atoms with Crippen molar-refractivity contribution < 1.29 is 24.4 Å². The number of primary amides is 1. The number of carbonyl (C=O) groups excluding carboxylic acids is 3. The van der Waals surface area contributed by atoms with Crippen LogP contribution in [0.15, 0.2) is 66.9 Å². The zero-order valence-corrected chi connectivity index (χ0v) is 21.9. The lowest BCUT2D eigenvalue weighted by atomic mass is 10.00. The van der Waals surface area contributed by atoms with E-state index in [4.69, 9.17) is 5.73 Å². The Morgan fingerprint density at radius 3 is 2.42 bits per heavy atom. The minimum absolute atomic E-state index is 0.114. The molecule has 0 spiro atoms. The van der Waals surface area contributed by atoms with Crippen LogP contribution in [0.2, 0.25) is 0 Å². The van der Waals surface area contributed by atoms with Gasteiger partial charge in [-0.3, -0.25) is 29.2 Å². The number of fused-ring (bicyclic) bond motifs is 1. The number of hydrogen-bond donors (Lipinski definition) is 4. The molecule has 3 amide bonds. The zero-order valence-electron chi connectivity index (χ0n) is 21.9. The Kier molecular flexibility index (Phi) is 7.91. The molecule has 12 nitrogen and oxygen atoms in total. The first-order chi connectivity index (χ1) is 18.9. The molecule has 4 rings (SSSR count). The Bertz CT molecular complexity index is 1600. The fourth-order valence-electron chi connectivity index (χ4n) is 3.99. The zero-order chi connectivity index (χ0) is 29.0. The molecule has 0 bridgehead atoms. The molecule has 5 N–H and O–H groups in total. The van der Waals surface area contributed by atoms with Gasteiger partial charge < -0.3 is 21.5 Å². The first-order valence-electron chi connectivity index (χ1n) is 12.4. The molecular weight excluding hydrogens is 516 g/mol. The summed E-state index contributed by atoms with van der Waals surface area (Å²) in [5.74, 6) is -1.67. The molecule has 12 heteroatoms. The summed E-state index contributed by atoms with van der Waals surface area (Å²) in [5.41, 5.74) is 6.76. The number of rotatable bonds is 10. The molecule has 0 aliphatic rings. The van der Waals surface area contributed by atoms with Crippen molar-refractivity contribution in [1.29, 1.82) is 0 Å². The van der Waals surface area contributed by atoms with Crippen LogP contribution in [-0.2, 0) is 11.3 Å². The Morgan fingerprint density at radius 1 is 1.05 bits per heavy atom. The molecule has 40 heavy (non-hydrogen) atoms. The average molecular weight is 545 g/mol. The normalized spacial score (nSPS) is 11.3. The van der Waals surface area contributed by atoms with Crippen molar-refractivity contribution in [3.8, 4) is 11.1 Å². The number of nitro groups is 1. The van der Waals surface area contributed by atoms with Crippen LogP contribution in [0, 0.1) is 10.1 Å². The number of nitrogens with two attached hydrogens (primary N) is 1. The number of benzene rings is 3. The SMILES string of the molecule is CC(C)(O)CCn1cc2cc(NC(=O)c3cccc([N+](=O)[O-])c3)c(-c3ccc(C(=O)NCC(N)=O)cc3)cc2n1. The number of aryl methyl sites for hydroxylation is 1. The quantitative estimate of drug-likeness (QED) is 0.174. The van der Waals surface area contributed by atoms with Gasteiger partial charge in [0.2, 0.25) is 5.91 Å². The van der Waals surface area contributed by atoms with Gasteiger partial charge in [0.15, 0.2) is 0 Å². The Morgan fingerprint density at radius 2 is 1.77 bits per heavy atom.